The van der Waals surface area contributed by atoms with Crippen molar-refractivity contribution in [1.29, 1.82) is 5.41 Å². The van der Waals surface area contributed by atoms with E-state index in [2.05, 4.69) is 14.5 Å². The van der Waals surface area contributed by atoms with E-state index in [9.17, 15) is 13.2 Å². The number of nitrogens with zero attached hydrogens (tertiary/aromatic N) is 3. The number of halogens is 6. The minimum absolute atomic E-state index is 0. The van der Waals surface area contributed by atoms with E-state index in [1.54, 1.807) is 6.07 Å². The standard InChI is InChI=1S/C20H20ClF3N4OS.2ClH/c21-14-1-3-15(4-2-14)27-10-7-26(8-11-27)9-12-28-17-6-5-16(29-20(22,23)24)13-18(17)30-19(28)25;;/h1-6,13,25H,7-12H2;2*1H. The van der Waals surface area contributed by atoms with Gasteiger partial charge in [-0.15, -0.1) is 38.0 Å². The van der Waals surface area contributed by atoms with Crippen LogP contribution in [0.1, 0.15) is 0 Å². The van der Waals surface area contributed by atoms with E-state index >= 15 is 0 Å². The molecular formula is C20H22Cl3F3N4OS. The molecule has 0 saturated carbocycles. The second-order valence-corrected chi connectivity index (χ2v) is 8.51. The Kier molecular flexibility index (Phi) is 9.13. The summed E-state index contributed by atoms with van der Waals surface area (Å²) in [5.74, 6) is -0.262. The molecule has 0 unspecified atom stereocenters. The van der Waals surface area contributed by atoms with Gasteiger partial charge in [0.25, 0.3) is 0 Å². The lowest BCUT2D eigenvalue weighted by Gasteiger charge is -2.36. The molecule has 0 aliphatic carbocycles. The Bertz CT molecular complexity index is 1080. The Hall–Kier alpha value is -1.65. The zero-order valence-electron chi connectivity index (χ0n) is 16.8. The summed E-state index contributed by atoms with van der Waals surface area (Å²) in [6, 6.07) is 12.0. The molecular weight excluding hydrogens is 508 g/mol. The molecule has 12 heteroatoms. The topological polar surface area (TPSA) is 44.5 Å². The smallest absolute Gasteiger partial charge is 0.406 e. The van der Waals surface area contributed by atoms with Gasteiger partial charge < -0.3 is 14.2 Å². The molecule has 0 radical (unpaired) electrons. The molecule has 1 aliphatic rings. The summed E-state index contributed by atoms with van der Waals surface area (Å²) in [5.41, 5.74) is 1.90. The first kappa shape index (κ1) is 26.6. The van der Waals surface area contributed by atoms with E-state index in [1.165, 1.54) is 12.1 Å². The predicted octanol–water partition coefficient (Wildman–Crippen LogP) is 5.40. The van der Waals surface area contributed by atoms with Crippen LogP contribution in [0.2, 0.25) is 5.02 Å². The fourth-order valence-corrected chi connectivity index (χ4v) is 4.70. The third-order valence-corrected chi connectivity index (χ3v) is 6.32. The minimum atomic E-state index is -4.72. The Balaban J connectivity index is 0.00000181. The molecule has 2 heterocycles. The molecule has 1 saturated heterocycles. The zero-order valence-corrected chi connectivity index (χ0v) is 20.0. The molecule has 5 nitrogen and oxygen atoms in total. The lowest BCUT2D eigenvalue weighted by atomic mass is 10.2. The molecule has 32 heavy (non-hydrogen) atoms. The van der Waals surface area contributed by atoms with Gasteiger partial charge in [-0.1, -0.05) is 22.9 Å². The van der Waals surface area contributed by atoms with Crippen molar-refractivity contribution < 1.29 is 17.9 Å². The van der Waals surface area contributed by atoms with Crippen LogP contribution in [0.5, 0.6) is 5.75 Å². The summed E-state index contributed by atoms with van der Waals surface area (Å²) in [5, 5.41) is 8.93. The van der Waals surface area contributed by atoms with Crippen LogP contribution in [-0.2, 0) is 6.54 Å². The summed E-state index contributed by atoms with van der Waals surface area (Å²) in [6.45, 7) is 5.01. The second kappa shape index (κ2) is 11.0. The van der Waals surface area contributed by atoms with Gasteiger partial charge >= 0.3 is 6.36 Å². The second-order valence-electron chi connectivity index (χ2n) is 7.04. The van der Waals surface area contributed by atoms with Gasteiger partial charge in [-0.2, -0.15) is 0 Å². The SMILES string of the molecule is Cl.Cl.N=c1sc2cc(OC(F)(F)F)ccc2n1CCN1CCN(c2ccc(Cl)cc2)CC1. The van der Waals surface area contributed by atoms with Crippen molar-refractivity contribution in [1.82, 2.24) is 9.47 Å². The predicted molar refractivity (Wildman–Crippen MR) is 127 cm³/mol. The van der Waals surface area contributed by atoms with Gasteiger partial charge in [0, 0.05) is 50.0 Å². The van der Waals surface area contributed by atoms with Gasteiger partial charge in [-0.3, -0.25) is 10.3 Å². The monoisotopic (exact) mass is 528 g/mol. The van der Waals surface area contributed by atoms with Crippen LogP contribution < -0.4 is 14.4 Å². The summed E-state index contributed by atoms with van der Waals surface area (Å²) in [7, 11) is 0. The lowest BCUT2D eigenvalue weighted by Crippen LogP contribution is -2.47. The van der Waals surface area contributed by atoms with Crippen LogP contribution >= 0.6 is 47.8 Å². The van der Waals surface area contributed by atoms with E-state index in [0.717, 1.165) is 60.3 Å². The first-order valence-corrected chi connectivity index (χ1v) is 10.6. The van der Waals surface area contributed by atoms with E-state index in [-0.39, 0.29) is 30.6 Å². The number of rotatable bonds is 5. The average Bonchev–Trinajstić information content (AvgIpc) is 3.00. The maximum Gasteiger partial charge on any atom is 0.573 e. The first-order valence-electron chi connectivity index (χ1n) is 9.45. The van der Waals surface area contributed by atoms with E-state index in [4.69, 9.17) is 17.0 Å². The highest BCUT2D eigenvalue weighted by Gasteiger charge is 2.31. The highest BCUT2D eigenvalue weighted by atomic mass is 35.5. The largest absolute Gasteiger partial charge is 0.573 e. The summed E-state index contributed by atoms with van der Waals surface area (Å²) in [6.07, 6.45) is -4.72. The summed E-state index contributed by atoms with van der Waals surface area (Å²) in [4.78, 5) is 4.97. The number of anilines is 1. The number of hydrogen-bond acceptors (Lipinski definition) is 5. The van der Waals surface area contributed by atoms with Crippen LogP contribution in [0, 0.1) is 5.41 Å². The number of alkyl halides is 3. The van der Waals surface area contributed by atoms with Gasteiger partial charge in [0.15, 0.2) is 4.80 Å². The number of piperazine rings is 1. The molecule has 1 aliphatic heterocycles. The normalized spacial score (nSPS) is 14.7. The number of thiazole rings is 1. The number of aromatic nitrogens is 1. The number of ether oxygens (including phenoxy) is 1. The summed E-state index contributed by atoms with van der Waals surface area (Å²) < 4.78 is 43.7. The third-order valence-electron chi connectivity index (χ3n) is 5.11. The van der Waals surface area contributed by atoms with Crippen molar-refractivity contribution in [3.63, 3.8) is 0 Å². The molecule has 176 valence electrons. The van der Waals surface area contributed by atoms with E-state index in [1.807, 2.05) is 28.8 Å². The van der Waals surface area contributed by atoms with Crippen LogP contribution in [0.3, 0.4) is 0 Å². The number of benzene rings is 2. The molecule has 1 aromatic heterocycles. The quantitative estimate of drug-likeness (QED) is 0.481. The number of fused-ring (bicyclic) bond motifs is 1. The Morgan fingerprint density at radius 2 is 1.62 bits per heavy atom. The molecule has 1 N–H and O–H groups in total. The molecule has 2 aromatic carbocycles. The van der Waals surface area contributed by atoms with E-state index in [0.29, 0.717) is 16.0 Å². The van der Waals surface area contributed by atoms with Crippen LogP contribution in [0.25, 0.3) is 10.2 Å². The fourth-order valence-electron chi connectivity index (χ4n) is 3.61. The van der Waals surface area contributed by atoms with Crippen molar-refractivity contribution in [2.45, 2.75) is 12.9 Å². The zero-order chi connectivity index (χ0) is 21.3. The summed E-state index contributed by atoms with van der Waals surface area (Å²) >= 11 is 7.10. The van der Waals surface area contributed by atoms with Crippen molar-refractivity contribution >= 4 is 63.7 Å². The molecule has 1 fully saturated rings. The van der Waals surface area contributed by atoms with Crippen molar-refractivity contribution in [2.75, 3.05) is 37.6 Å². The fraction of sp³-hybridized carbons (Fsp3) is 0.350. The first-order chi connectivity index (χ1) is 14.3. The van der Waals surface area contributed by atoms with Crippen molar-refractivity contribution in [3.05, 3.63) is 52.3 Å². The Labute approximate surface area is 204 Å². The van der Waals surface area contributed by atoms with E-state index < -0.39 is 6.36 Å². The molecule has 0 bridgehead atoms. The van der Waals surface area contributed by atoms with Gasteiger partial charge in [0.1, 0.15) is 5.75 Å². The Morgan fingerprint density at radius 3 is 2.25 bits per heavy atom. The average molecular weight is 530 g/mol. The van der Waals surface area contributed by atoms with Crippen molar-refractivity contribution in [2.24, 2.45) is 0 Å². The molecule has 3 aromatic rings. The number of nitrogens with one attached hydrogen (secondary N) is 1. The van der Waals surface area contributed by atoms with Gasteiger partial charge in [-0.05, 0) is 42.5 Å². The molecule has 0 spiro atoms. The van der Waals surface area contributed by atoms with Gasteiger partial charge in [-0.25, -0.2) is 0 Å². The molecule has 4 rings (SSSR count). The third kappa shape index (κ3) is 6.45. The van der Waals surface area contributed by atoms with Crippen LogP contribution in [0.15, 0.2) is 42.5 Å². The van der Waals surface area contributed by atoms with Crippen LogP contribution in [0.4, 0.5) is 18.9 Å². The molecule has 0 atom stereocenters. The van der Waals surface area contributed by atoms with Crippen molar-refractivity contribution in [3.8, 4) is 5.75 Å². The highest BCUT2D eigenvalue weighted by Crippen LogP contribution is 2.28. The maximum atomic E-state index is 12.4. The Morgan fingerprint density at radius 1 is 0.969 bits per heavy atom. The maximum absolute atomic E-state index is 12.4. The highest BCUT2D eigenvalue weighted by molar-refractivity contribution is 7.16. The minimum Gasteiger partial charge on any atom is -0.406 e. The van der Waals surface area contributed by atoms with Gasteiger partial charge in [0.2, 0.25) is 0 Å². The van der Waals surface area contributed by atoms with Crippen LogP contribution in [-0.4, -0.2) is 48.6 Å². The lowest BCUT2D eigenvalue weighted by molar-refractivity contribution is -0.274. The van der Waals surface area contributed by atoms with Gasteiger partial charge in [0.05, 0.1) is 10.2 Å². The molecule has 0 amide bonds. The number of hydrogen-bond donors (Lipinski definition) is 1.